The van der Waals surface area contributed by atoms with Crippen molar-refractivity contribution < 1.29 is 19.1 Å². The molecule has 24 heavy (non-hydrogen) atoms. The molecule has 4 nitrogen and oxygen atoms in total. The van der Waals surface area contributed by atoms with E-state index >= 15 is 0 Å². The van der Waals surface area contributed by atoms with Crippen LogP contribution in [0.25, 0.3) is 0 Å². The van der Waals surface area contributed by atoms with Gasteiger partial charge in [-0.2, -0.15) is 0 Å². The summed E-state index contributed by atoms with van der Waals surface area (Å²) in [4.78, 5) is 24.7. The van der Waals surface area contributed by atoms with Crippen molar-refractivity contribution in [2.45, 2.75) is 13.2 Å². The molecule has 0 spiro atoms. The molecule has 0 amide bonds. The molecule has 0 atom stereocenters. The van der Waals surface area contributed by atoms with Crippen molar-refractivity contribution in [1.82, 2.24) is 0 Å². The van der Waals surface area contributed by atoms with E-state index in [1.165, 1.54) is 22.7 Å². The van der Waals surface area contributed by atoms with Gasteiger partial charge in [0.1, 0.15) is 23.0 Å². The first-order valence-electron chi connectivity index (χ1n) is 7.21. The van der Waals surface area contributed by atoms with Gasteiger partial charge in [0.05, 0.1) is 0 Å². The lowest BCUT2D eigenvalue weighted by atomic mass is 10.1. The lowest BCUT2D eigenvalue weighted by Gasteiger charge is -2.06. The number of esters is 2. The minimum atomic E-state index is -0.320. The molecule has 0 saturated heterocycles. The monoisotopic (exact) mass is 358 g/mol. The van der Waals surface area contributed by atoms with Gasteiger partial charge in [-0.05, 0) is 34.0 Å². The van der Waals surface area contributed by atoms with Crippen molar-refractivity contribution in [1.29, 1.82) is 0 Å². The number of hydrogen-bond acceptors (Lipinski definition) is 6. The third kappa shape index (κ3) is 4.31. The van der Waals surface area contributed by atoms with Crippen molar-refractivity contribution in [3.05, 3.63) is 80.2 Å². The van der Waals surface area contributed by atoms with E-state index in [4.69, 9.17) is 9.47 Å². The molecular formula is C18H14O4S2. The number of thiophene rings is 2. The number of ether oxygens (including phenoxy) is 2. The number of rotatable bonds is 6. The van der Waals surface area contributed by atoms with Crippen molar-refractivity contribution in [3.63, 3.8) is 0 Å². The van der Waals surface area contributed by atoms with Gasteiger partial charge < -0.3 is 9.47 Å². The van der Waals surface area contributed by atoms with Gasteiger partial charge in [0.2, 0.25) is 0 Å². The summed E-state index contributed by atoms with van der Waals surface area (Å²) in [7, 11) is 0. The first-order valence-corrected chi connectivity index (χ1v) is 8.97. The molecular weight excluding hydrogens is 344 g/mol. The molecule has 0 N–H and O–H groups in total. The van der Waals surface area contributed by atoms with Crippen LogP contribution in [0, 0.1) is 0 Å². The Morgan fingerprint density at radius 2 is 1.12 bits per heavy atom. The summed E-state index contributed by atoms with van der Waals surface area (Å²) in [5.74, 6) is -0.641. The van der Waals surface area contributed by atoms with Crippen LogP contribution in [0.2, 0.25) is 0 Å². The van der Waals surface area contributed by atoms with E-state index in [2.05, 4.69) is 0 Å². The zero-order valence-electron chi connectivity index (χ0n) is 12.6. The second kappa shape index (κ2) is 7.90. The molecule has 0 aliphatic carbocycles. The molecule has 0 fully saturated rings. The Labute approximate surface area is 147 Å². The highest BCUT2D eigenvalue weighted by Crippen LogP contribution is 2.14. The van der Waals surface area contributed by atoms with Gasteiger partial charge >= 0.3 is 11.9 Å². The molecule has 3 aromatic rings. The zero-order valence-corrected chi connectivity index (χ0v) is 14.3. The van der Waals surface area contributed by atoms with Gasteiger partial charge in [-0.3, -0.25) is 0 Å². The minimum Gasteiger partial charge on any atom is -0.457 e. The SMILES string of the molecule is O=C(OCc1ccc(COC(=O)c2cccs2)cc1)c1cccs1. The maximum absolute atomic E-state index is 11.8. The van der Waals surface area contributed by atoms with Crippen LogP contribution in [-0.4, -0.2) is 11.9 Å². The Morgan fingerprint density at radius 3 is 1.46 bits per heavy atom. The largest absolute Gasteiger partial charge is 0.457 e. The smallest absolute Gasteiger partial charge is 0.348 e. The number of carbonyl (C=O) groups excluding carboxylic acids is 2. The van der Waals surface area contributed by atoms with E-state index < -0.39 is 0 Å². The maximum Gasteiger partial charge on any atom is 0.348 e. The molecule has 122 valence electrons. The van der Waals surface area contributed by atoms with Crippen molar-refractivity contribution >= 4 is 34.6 Å². The van der Waals surface area contributed by atoms with Crippen LogP contribution in [0.3, 0.4) is 0 Å². The van der Waals surface area contributed by atoms with Crippen molar-refractivity contribution in [2.75, 3.05) is 0 Å². The normalized spacial score (nSPS) is 10.3. The van der Waals surface area contributed by atoms with E-state index in [-0.39, 0.29) is 25.2 Å². The van der Waals surface area contributed by atoms with Crippen molar-refractivity contribution in [3.8, 4) is 0 Å². The highest BCUT2D eigenvalue weighted by Gasteiger charge is 2.09. The number of benzene rings is 1. The minimum absolute atomic E-state index is 0.214. The van der Waals surface area contributed by atoms with Crippen LogP contribution in [0.4, 0.5) is 0 Å². The quantitative estimate of drug-likeness (QED) is 0.608. The van der Waals surface area contributed by atoms with Gasteiger partial charge in [-0.15, -0.1) is 22.7 Å². The Hall–Kier alpha value is -2.44. The molecule has 0 unspecified atom stereocenters. The summed E-state index contributed by atoms with van der Waals surface area (Å²) >= 11 is 2.71. The molecule has 0 radical (unpaired) electrons. The summed E-state index contributed by atoms with van der Waals surface area (Å²) in [6.45, 7) is 0.429. The second-order valence-electron chi connectivity index (χ2n) is 4.92. The van der Waals surface area contributed by atoms with Crippen LogP contribution >= 0.6 is 22.7 Å². The van der Waals surface area contributed by atoms with Crippen LogP contribution in [0.15, 0.2) is 59.3 Å². The molecule has 0 aliphatic heterocycles. The highest BCUT2D eigenvalue weighted by atomic mass is 32.1. The molecule has 1 aromatic carbocycles. The maximum atomic E-state index is 11.8. The van der Waals surface area contributed by atoms with Crippen LogP contribution in [0.5, 0.6) is 0 Å². The summed E-state index contributed by atoms with van der Waals surface area (Å²) in [6, 6.07) is 14.5. The summed E-state index contributed by atoms with van der Waals surface area (Å²) in [6.07, 6.45) is 0. The third-order valence-electron chi connectivity index (χ3n) is 3.21. The zero-order chi connectivity index (χ0) is 16.8. The topological polar surface area (TPSA) is 52.6 Å². The second-order valence-corrected chi connectivity index (χ2v) is 6.82. The average molecular weight is 358 g/mol. The van der Waals surface area contributed by atoms with Gasteiger partial charge in [-0.1, -0.05) is 36.4 Å². The van der Waals surface area contributed by atoms with E-state index in [0.717, 1.165) is 11.1 Å². The fraction of sp³-hybridized carbons (Fsp3) is 0.111. The Kier molecular flexibility index (Phi) is 5.40. The Morgan fingerprint density at radius 1 is 0.708 bits per heavy atom. The van der Waals surface area contributed by atoms with E-state index in [1.54, 1.807) is 12.1 Å². The fourth-order valence-electron chi connectivity index (χ4n) is 1.96. The highest BCUT2D eigenvalue weighted by molar-refractivity contribution is 7.12. The van der Waals surface area contributed by atoms with Gasteiger partial charge in [0, 0.05) is 0 Å². The molecule has 3 rings (SSSR count). The fourth-order valence-corrected chi connectivity index (χ4v) is 3.19. The molecule has 6 heteroatoms. The molecule has 0 bridgehead atoms. The average Bonchev–Trinajstić information content (AvgIpc) is 3.32. The number of carbonyl (C=O) groups is 2. The Bertz CT molecular complexity index is 721. The summed E-state index contributed by atoms with van der Waals surface area (Å²) in [5, 5.41) is 3.67. The van der Waals surface area contributed by atoms with Crippen LogP contribution in [0.1, 0.15) is 30.5 Å². The third-order valence-corrected chi connectivity index (χ3v) is 4.91. The van der Waals surface area contributed by atoms with Crippen LogP contribution < -0.4 is 0 Å². The predicted octanol–water partition coefficient (Wildman–Crippen LogP) is 4.52. The summed E-state index contributed by atoms with van der Waals surface area (Å²) in [5.41, 5.74) is 1.77. The van der Waals surface area contributed by atoms with Gasteiger partial charge in [0.15, 0.2) is 0 Å². The summed E-state index contributed by atoms with van der Waals surface area (Å²) < 4.78 is 10.5. The first kappa shape index (κ1) is 16.4. The molecule has 2 aromatic heterocycles. The van der Waals surface area contributed by atoms with Crippen molar-refractivity contribution in [2.24, 2.45) is 0 Å². The van der Waals surface area contributed by atoms with Gasteiger partial charge in [-0.25, -0.2) is 9.59 Å². The van der Waals surface area contributed by atoms with Gasteiger partial charge in [0.25, 0.3) is 0 Å². The van der Waals surface area contributed by atoms with E-state index in [9.17, 15) is 9.59 Å². The molecule has 0 aliphatic rings. The lowest BCUT2D eigenvalue weighted by Crippen LogP contribution is -2.04. The standard InChI is InChI=1S/C18H14O4S2/c19-17(15-3-1-9-23-15)21-11-13-5-7-14(8-6-13)12-22-18(20)16-4-2-10-24-16/h1-10H,11-12H2. The first-order chi connectivity index (χ1) is 11.7. The van der Waals surface area contributed by atoms with Crippen LogP contribution in [-0.2, 0) is 22.7 Å². The van der Waals surface area contributed by atoms with E-state index in [1.807, 2.05) is 47.2 Å². The Balaban J connectivity index is 1.48. The molecule has 0 saturated carbocycles. The van der Waals surface area contributed by atoms with E-state index in [0.29, 0.717) is 9.75 Å². The lowest BCUT2D eigenvalue weighted by molar-refractivity contribution is 0.0466. The number of hydrogen-bond donors (Lipinski definition) is 0. The predicted molar refractivity (Wildman–Crippen MR) is 93.3 cm³/mol. The molecule has 2 heterocycles.